The standard InChI is InChI=1S/C23H21ClN2O/c1-16-8-7-9-17(2)22(16)27-15-14-26-21-13-6-5-12-20(21)25-23(26)18-10-3-4-11-19(18)24/h3-13H,14-15H2,1-2H3. The quantitative estimate of drug-likeness (QED) is 0.423. The van der Waals surface area contributed by atoms with E-state index in [0.29, 0.717) is 18.2 Å². The molecular weight excluding hydrogens is 356 g/mol. The van der Waals surface area contributed by atoms with Gasteiger partial charge in [0.15, 0.2) is 0 Å². The van der Waals surface area contributed by atoms with E-state index in [4.69, 9.17) is 21.3 Å². The number of aromatic nitrogens is 2. The van der Waals surface area contributed by atoms with Gasteiger partial charge in [-0.2, -0.15) is 0 Å². The normalized spacial score (nSPS) is 11.1. The van der Waals surface area contributed by atoms with Crippen LogP contribution in [0.25, 0.3) is 22.4 Å². The Hall–Kier alpha value is -2.78. The number of para-hydroxylation sites is 3. The summed E-state index contributed by atoms with van der Waals surface area (Å²) in [6, 6.07) is 22.2. The molecular formula is C23H21ClN2O. The number of imidazole rings is 1. The molecule has 4 aromatic rings. The van der Waals surface area contributed by atoms with Crippen LogP contribution >= 0.6 is 11.6 Å². The van der Waals surface area contributed by atoms with Crippen LogP contribution in [0.4, 0.5) is 0 Å². The largest absolute Gasteiger partial charge is 0.491 e. The molecule has 0 amide bonds. The Labute approximate surface area is 164 Å². The first kappa shape index (κ1) is 17.6. The number of halogens is 1. The van der Waals surface area contributed by atoms with Crippen LogP contribution < -0.4 is 4.74 Å². The molecule has 0 aliphatic rings. The Kier molecular flexibility index (Phi) is 4.87. The zero-order valence-corrected chi connectivity index (χ0v) is 16.2. The first-order valence-corrected chi connectivity index (χ1v) is 9.42. The summed E-state index contributed by atoms with van der Waals surface area (Å²) in [5.41, 5.74) is 5.27. The van der Waals surface area contributed by atoms with Crippen molar-refractivity contribution in [3.8, 4) is 17.1 Å². The van der Waals surface area contributed by atoms with Crippen molar-refractivity contribution in [3.63, 3.8) is 0 Å². The van der Waals surface area contributed by atoms with Gasteiger partial charge in [-0.15, -0.1) is 0 Å². The van der Waals surface area contributed by atoms with Crippen molar-refractivity contribution in [2.45, 2.75) is 20.4 Å². The van der Waals surface area contributed by atoms with Gasteiger partial charge >= 0.3 is 0 Å². The highest BCUT2D eigenvalue weighted by molar-refractivity contribution is 6.33. The number of benzene rings is 3. The zero-order valence-electron chi connectivity index (χ0n) is 15.4. The molecule has 4 rings (SSSR count). The minimum absolute atomic E-state index is 0.559. The smallest absolute Gasteiger partial charge is 0.142 e. The second-order valence-electron chi connectivity index (χ2n) is 6.63. The molecule has 136 valence electrons. The molecule has 3 nitrogen and oxygen atoms in total. The molecule has 4 heteroatoms. The average Bonchev–Trinajstić information content (AvgIpc) is 3.03. The van der Waals surface area contributed by atoms with Crippen molar-refractivity contribution in [1.29, 1.82) is 0 Å². The summed E-state index contributed by atoms with van der Waals surface area (Å²) >= 11 is 6.45. The minimum Gasteiger partial charge on any atom is -0.491 e. The number of ether oxygens (including phenoxy) is 1. The summed E-state index contributed by atoms with van der Waals surface area (Å²) in [6.07, 6.45) is 0. The minimum atomic E-state index is 0.559. The van der Waals surface area contributed by atoms with Crippen LogP contribution in [0, 0.1) is 13.8 Å². The number of hydrogen-bond donors (Lipinski definition) is 0. The van der Waals surface area contributed by atoms with E-state index in [-0.39, 0.29) is 0 Å². The van der Waals surface area contributed by atoms with E-state index < -0.39 is 0 Å². The maximum absolute atomic E-state index is 6.45. The summed E-state index contributed by atoms with van der Waals surface area (Å²) in [7, 11) is 0. The molecule has 0 aliphatic heterocycles. The van der Waals surface area contributed by atoms with Crippen molar-refractivity contribution in [3.05, 3.63) is 82.9 Å². The number of nitrogens with zero attached hydrogens (tertiary/aromatic N) is 2. The van der Waals surface area contributed by atoms with Gasteiger partial charge < -0.3 is 9.30 Å². The predicted molar refractivity (Wildman–Crippen MR) is 112 cm³/mol. The third kappa shape index (κ3) is 3.43. The van der Waals surface area contributed by atoms with Gasteiger partial charge in [0.25, 0.3) is 0 Å². The summed E-state index contributed by atoms with van der Waals surface area (Å²) < 4.78 is 8.31. The van der Waals surface area contributed by atoms with Crippen LogP contribution in [-0.4, -0.2) is 16.2 Å². The van der Waals surface area contributed by atoms with E-state index in [1.165, 1.54) is 0 Å². The van der Waals surface area contributed by atoms with E-state index >= 15 is 0 Å². The molecule has 0 N–H and O–H groups in total. The third-order valence-corrected chi connectivity index (χ3v) is 5.07. The molecule has 0 spiro atoms. The van der Waals surface area contributed by atoms with E-state index in [1.54, 1.807) is 0 Å². The highest BCUT2D eigenvalue weighted by Gasteiger charge is 2.15. The van der Waals surface area contributed by atoms with Gasteiger partial charge in [0.2, 0.25) is 0 Å². The van der Waals surface area contributed by atoms with E-state index in [0.717, 1.165) is 39.3 Å². The molecule has 0 radical (unpaired) electrons. The molecule has 0 bridgehead atoms. The van der Waals surface area contributed by atoms with Gasteiger partial charge in [0, 0.05) is 5.56 Å². The highest BCUT2D eigenvalue weighted by atomic mass is 35.5. The Bertz CT molecular complexity index is 1080. The van der Waals surface area contributed by atoms with Crippen LogP contribution in [-0.2, 0) is 6.54 Å². The fourth-order valence-corrected chi connectivity index (χ4v) is 3.64. The van der Waals surface area contributed by atoms with Gasteiger partial charge in [-0.05, 0) is 49.2 Å². The number of hydrogen-bond acceptors (Lipinski definition) is 2. The first-order chi connectivity index (χ1) is 13.1. The summed E-state index contributed by atoms with van der Waals surface area (Å²) in [5.74, 6) is 1.83. The Balaban J connectivity index is 1.68. The molecule has 1 aromatic heterocycles. The molecule has 3 aromatic carbocycles. The number of fused-ring (bicyclic) bond motifs is 1. The fourth-order valence-electron chi connectivity index (χ4n) is 3.42. The SMILES string of the molecule is Cc1cccc(C)c1OCCn1c(-c2ccccc2Cl)nc2ccccc21. The molecule has 0 saturated heterocycles. The van der Waals surface area contributed by atoms with Crippen molar-refractivity contribution in [1.82, 2.24) is 9.55 Å². The van der Waals surface area contributed by atoms with Gasteiger partial charge in [-0.25, -0.2) is 4.98 Å². The van der Waals surface area contributed by atoms with Crippen LogP contribution in [0.1, 0.15) is 11.1 Å². The Morgan fingerprint density at radius 1 is 0.889 bits per heavy atom. The van der Waals surface area contributed by atoms with E-state index in [2.05, 4.69) is 42.7 Å². The second kappa shape index (κ2) is 7.45. The lowest BCUT2D eigenvalue weighted by molar-refractivity contribution is 0.297. The zero-order chi connectivity index (χ0) is 18.8. The maximum Gasteiger partial charge on any atom is 0.142 e. The molecule has 1 heterocycles. The van der Waals surface area contributed by atoms with Crippen LogP contribution in [0.15, 0.2) is 66.7 Å². The lowest BCUT2D eigenvalue weighted by atomic mass is 10.1. The van der Waals surface area contributed by atoms with Gasteiger partial charge in [-0.1, -0.05) is 54.1 Å². The Morgan fingerprint density at radius 3 is 2.37 bits per heavy atom. The molecule has 0 saturated carbocycles. The molecule has 27 heavy (non-hydrogen) atoms. The maximum atomic E-state index is 6.45. The first-order valence-electron chi connectivity index (χ1n) is 9.04. The molecule has 0 unspecified atom stereocenters. The van der Waals surface area contributed by atoms with Crippen LogP contribution in [0.3, 0.4) is 0 Å². The van der Waals surface area contributed by atoms with Crippen LogP contribution in [0.5, 0.6) is 5.75 Å². The van der Waals surface area contributed by atoms with Gasteiger partial charge in [0.05, 0.1) is 22.6 Å². The van der Waals surface area contributed by atoms with Crippen molar-refractivity contribution < 1.29 is 4.74 Å². The fraction of sp³-hybridized carbons (Fsp3) is 0.174. The number of rotatable bonds is 5. The monoisotopic (exact) mass is 376 g/mol. The summed E-state index contributed by atoms with van der Waals surface area (Å²) in [4.78, 5) is 4.83. The molecule has 0 aliphatic carbocycles. The third-order valence-electron chi connectivity index (χ3n) is 4.74. The van der Waals surface area contributed by atoms with Crippen molar-refractivity contribution in [2.24, 2.45) is 0 Å². The Morgan fingerprint density at radius 2 is 1.59 bits per heavy atom. The highest BCUT2D eigenvalue weighted by Crippen LogP contribution is 2.30. The number of aryl methyl sites for hydroxylation is 2. The lowest BCUT2D eigenvalue weighted by Gasteiger charge is -2.14. The van der Waals surface area contributed by atoms with Crippen molar-refractivity contribution >= 4 is 22.6 Å². The van der Waals surface area contributed by atoms with Crippen molar-refractivity contribution in [2.75, 3.05) is 6.61 Å². The average molecular weight is 377 g/mol. The summed E-state index contributed by atoms with van der Waals surface area (Å²) in [6.45, 7) is 5.40. The lowest BCUT2D eigenvalue weighted by Crippen LogP contribution is -2.10. The molecule has 0 atom stereocenters. The second-order valence-corrected chi connectivity index (χ2v) is 7.03. The molecule has 0 fully saturated rings. The van der Waals surface area contributed by atoms with Crippen LogP contribution in [0.2, 0.25) is 5.02 Å². The van der Waals surface area contributed by atoms with E-state index in [9.17, 15) is 0 Å². The summed E-state index contributed by atoms with van der Waals surface area (Å²) in [5, 5.41) is 0.699. The topological polar surface area (TPSA) is 27.1 Å². The van der Waals surface area contributed by atoms with Gasteiger partial charge in [0.1, 0.15) is 18.2 Å². The predicted octanol–water partition coefficient (Wildman–Crippen LogP) is 6.05. The van der Waals surface area contributed by atoms with E-state index in [1.807, 2.05) is 42.5 Å². The van der Waals surface area contributed by atoms with Gasteiger partial charge in [-0.3, -0.25) is 0 Å².